The van der Waals surface area contributed by atoms with Gasteiger partial charge in [0, 0.05) is 6.42 Å². The maximum absolute atomic E-state index is 14.5. The second kappa shape index (κ2) is 4.78. The molecule has 2 aromatic heterocycles. The number of nitrogens with two attached hydrogens (primary N) is 1. The van der Waals surface area contributed by atoms with E-state index in [2.05, 4.69) is 15.0 Å². The quantitative estimate of drug-likeness (QED) is 0.708. The molecule has 0 aromatic carbocycles. The molecule has 1 fully saturated rings. The van der Waals surface area contributed by atoms with Crippen LogP contribution in [-0.2, 0) is 11.3 Å². The minimum absolute atomic E-state index is 0.0298. The summed E-state index contributed by atoms with van der Waals surface area (Å²) in [4.78, 5) is 22.0. The summed E-state index contributed by atoms with van der Waals surface area (Å²) in [5.74, 6) is -0.0298. The van der Waals surface area contributed by atoms with Crippen LogP contribution in [-0.4, -0.2) is 49.1 Å². The third kappa shape index (κ3) is 2.38. The van der Waals surface area contributed by atoms with Gasteiger partial charge in [-0.2, -0.15) is 4.98 Å². The van der Waals surface area contributed by atoms with Crippen molar-refractivity contribution in [2.45, 2.75) is 37.8 Å². The van der Waals surface area contributed by atoms with E-state index in [9.17, 15) is 9.18 Å². The van der Waals surface area contributed by atoms with Crippen LogP contribution in [0.5, 0.6) is 0 Å². The lowest BCUT2D eigenvalue weighted by Gasteiger charge is -2.21. The van der Waals surface area contributed by atoms with Gasteiger partial charge in [-0.3, -0.25) is 9.78 Å². The number of hydrogen-bond acceptors (Lipinski definition) is 6. The summed E-state index contributed by atoms with van der Waals surface area (Å²) in [6, 6.07) is 0. The molecule has 0 aliphatic carbocycles. The number of nitrogen functional groups attached to an aromatic ring is 1. The molecule has 114 valence electrons. The highest BCUT2D eigenvalue weighted by Gasteiger charge is 2.45. The zero-order valence-corrected chi connectivity index (χ0v) is 11.4. The first kappa shape index (κ1) is 14.0. The van der Waals surface area contributed by atoms with Gasteiger partial charge in [0.05, 0.1) is 25.6 Å². The summed E-state index contributed by atoms with van der Waals surface area (Å²) in [7, 11) is 0. The number of alkyl halides is 1. The zero-order chi connectivity index (χ0) is 15.2. The molecule has 1 aliphatic rings. The van der Waals surface area contributed by atoms with Crippen LogP contribution in [0.15, 0.2) is 11.1 Å². The molecule has 3 rings (SSSR count). The fourth-order valence-corrected chi connectivity index (χ4v) is 2.62. The van der Waals surface area contributed by atoms with Crippen molar-refractivity contribution in [3.63, 3.8) is 0 Å². The van der Waals surface area contributed by atoms with Crippen molar-refractivity contribution >= 4 is 17.1 Å². The Morgan fingerprint density at radius 2 is 2.48 bits per heavy atom. The number of rotatable bonds is 3. The molecule has 0 radical (unpaired) electrons. The molecular formula is C12H16FN5O3. The Labute approximate surface area is 118 Å². The van der Waals surface area contributed by atoms with Crippen molar-refractivity contribution in [2.75, 3.05) is 12.3 Å². The number of fused-ring (bicyclic) bond motifs is 1. The predicted molar refractivity (Wildman–Crippen MR) is 72.4 cm³/mol. The van der Waals surface area contributed by atoms with Gasteiger partial charge in [-0.1, -0.05) is 0 Å². The van der Waals surface area contributed by atoms with E-state index >= 15 is 0 Å². The number of imidazole rings is 1. The van der Waals surface area contributed by atoms with Crippen LogP contribution in [0.1, 0.15) is 13.3 Å². The summed E-state index contributed by atoms with van der Waals surface area (Å²) in [6.45, 7) is 1.34. The van der Waals surface area contributed by atoms with Crippen molar-refractivity contribution in [3.05, 3.63) is 16.7 Å². The fourth-order valence-electron chi connectivity index (χ4n) is 2.62. The van der Waals surface area contributed by atoms with E-state index in [1.165, 1.54) is 17.8 Å². The highest BCUT2D eigenvalue weighted by Crippen LogP contribution is 2.35. The molecule has 2 aromatic rings. The summed E-state index contributed by atoms with van der Waals surface area (Å²) < 4.78 is 21.5. The fraction of sp³-hybridized carbons (Fsp3) is 0.583. The molecule has 3 atom stereocenters. The largest absolute Gasteiger partial charge is 0.394 e. The lowest BCUT2D eigenvalue weighted by molar-refractivity contribution is -0.0228. The van der Waals surface area contributed by atoms with Gasteiger partial charge in [-0.25, -0.2) is 9.37 Å². The predicted octanol–water partition coefficient (Wildman–Crippen LogP) is -0.420. The van der Waals surface area contributed by atoms with Gasteiger partial charge in [0.1, 0.15) is 11.8 Å². The van der Waals surface area contributed by atoms with Gasteiger partial charge in [-0.15, -0.1) is 0 Å². The van der Waals surface area contributed by atoms with E-state index in [0.717, 1.165) is 0 Å². The molecule has 0 spiro atoms. The van der Waals surface area contributed by atoms with Gasteiger partial charge >= 0.3 is 0 Å². The Hall–Kier alpha value is -2.00. The zero-order valence-electron chi connectivity index (χ0n) is 11.4. The normalized spacial score (nSPS) is 29.3. The number of halogens is 1. The first-order valence-electron chi connectivity index (χ1n) is 6.56. The van der Waals surface area contributed by atoms with Crippen LogP contribution in [0.2, 0.25) is 0 Å². The third-order valence-electron chi connectivity index (χ3n) is 3.71. The first-order valence-corrected chi connectivity index (χ1v) is 6.56. The second-order valence-electron chi connectivity index (χ2n) is 5.43. The van der Waals surface area contributed by atoms with Crippen LogP contribution in [0.4, 0.5) is 10.3 Å². The molecule has 1 saturated heterocycles. The maximum atomic E-state index is 14.5. The van der Waals surface area contributed by atoms with Gasteiger partial charge in [0.2, 0.25) is 5.95 Å². The van der Waals surface area contributed by atoms with E-state index in [1.54, 1.807) is 0 Å². The van der Waals surface area contributed by atoms with Crippen LogP contribution in [0.3, 0.4) is 0 Å². The number of nitrogens with one attached hydrogen (secondary N) is 1. The number of nitrogens with zero attached hydrogens (tertiary/aromatic N) is 3. The number of aromatic amines is 1. The third-order valence-corrected chi connectivity index (χ3v) is 3.71. The number of aliphatic hydroxyl groups excluding tert-OH is 1. The lowest BCUT2D eigenvalue weighted by Crippen LogP contribution is -2.33. The van der Waals surface area contributed by atoms with Crippen molar-refractivity contribution in [1.29, 1.82) is 0 Å². The highest BCUT2D eigenvalue weighted by molar-refractivity contribution is 5.70. The van der Waals surface area contributed by atoms with E-state index in [0.29, 0.717) is 0 Å². The Morgan fingerprint density at radius 3 is 3.14 bits per heavy atom. The molecule has 2 unspecified atom stereocenters. The van der Waals surface area contributed by atoms with Crippen molar-refractivity contribution in [1.82, 2.24) is 19.5 Å². The molecule has 21 heavy (non-hydrogen) atoms. The van der Waals surface area contributed by atoms with Crippen LogP contribution in [0.25, 0.3) is 11.2 Å². The van der Waals surface area contributed by atoms with E-state index in [1.807, 2.05) is 0 Å². The van der Waals surface area contributed by atoms with Crippen LogP contribution in [0, 0.1) is 0 Å². The lowest BCUT2D eigenvalue weighted by atomic mass is 9.98. The number of aliphatic hydroxyl groups is 1. The number of hydrogen-bond donors (Lipinski definition) is 3. The van der Waals surface area contributed by atoms with Crippen LogP contribution >= 0.6 is 0 Å². The van der Waals surface area contributed by atoms with Gasteiger partial charge in [-0.05, 0) is 6.92 Å². The number of aromatic nitrogens is 4. The molecule has 8 nitrogen and oxygen atoms in total. The summed E-state index contributed by atoms with van der Waals surface area (Å²) >= 11 is 0. The van der Waals surface area contributed by atoms with E-state index in [-0.39, 0.29) is 36.7 Å². The Balaban J connectivity index is 1.94. The molecule has 3 heterocycles. The molecule has 4 N–H and O–H groups in total. The Kier molecular flexibility index (Phi) is 3.18. The smallest absolute Gasteiger partial charge is 0.280 e. The number of H-pyrrole nitrogens is 1. The minimum atomic E-state index is -1.57. The minimum Gasteiger partial charge on any atom is -0.394 e. The van der Waals surface area contributed by atoms with E-state index in [4.69, 9.17) is 15.6 Å². The topological polar surface area (TPSA) is 119 Å². The average Bonchev–Trinajstić information content (AvgIpc) is 2.92. The summed E-state index contributed by atoms with van der Waals surface area (Å²) in [5, 5.41) is 9.10. The average molecular weight is 297 g/mol. The molecule has 1 aliphatic heterocycles. The molecule has 0 amide bonds. The number of anilines is 1. The van der Waals surface area contributed by atoms with Crippen molar-refractivity contribution < 1.29 is 14.2 Å². The first-order chi connectivity index (χ1) is 9.90. The second-order valence-corrected chi connectivity index (χ2v) is 5.43. The standard InChI is InChI=1S/C12H16FN5O3/c1-12(13)2-6(4-19)21-7(12)3-18-5-15-8-9(18)16-11(14)17-10(8)20/h5-7,19H,2-4H2,1H3,(H3,14,16,17,20)/t6?,7?,12-/m1/s1. The van der Waals surface area contributed by atoms with Crippen molar-refractivity contribution in [2.24, 2.45) is 0 Å². The molecule has 9 heteroatoms. The van der Waals surface area contributed by atoms with E-state index < -0.39 is 23.4 Å². The van der Waals surface area contributed by atoms with Crippen LogP contribution < -0.4 is 11.3 Å². The van der Waals surface area contributed by atoms with Gasteiger partial charge in [0.15, 0.2) is 11.2 Å². The monoisotopic (exact) mass is 297 g/mol. The SMILES string of the molecule is C[C@@]1(F)CC(CO)OC1Cn1cnc2c(=O)[nH]c(N)nc21. The maximum Gasteiger partial charge on any atom is 0.280 e. The van der Waals surface area contributed by atoms with Crippen molar-refractivity contribution in [3.8, 4) is 0 Å². The summed E-state index contributed by atoms with van der Waals surface area (Å²) in [5.41, 5.74) is 3.92. The Bertz CT molecular complexity index is 725. The number of ether oxygens (including phenoxy) is 1. The Morgan fingerprint density at radius 1 is 1.71 bits per heavy atom. The summed E-state index contributed by atoms with van der Waals surface area (Å²) in [6.07, 6.45) is 0.241. The molecular weight excluding hydrogens is 281 g/mol. The highest BCUT2D eigenvalue weighted by atomic mass is 19.1. The van der Waals surface area contributed by atoms with Gasteiger partial charge in [0.25, 0.3) is 5.56 Å². The molecule has 0 bridgehead atoms. The van der Waals surface area contributed by atoms with Gasteiger partial charge < -0.3 is 20.1 Å². The molecule has 0 saturated carbocycles.